The summed E-state index contributed by atoms with van der Waals surface area (Å²) in [7, 11) is 1.39. The second-order valence-electron chi connectivity index (χ2n) is 2.83. The van der Waals surface area contributed by atoms with Gasteiger partial charge in [-0.05, 0) is 24.1 Å². The van der Waals surface area contributed by atoms with Gasteiger partial charge in [-0.1, -0.05) is 6.58 Å². The molecule has 1 aromatic rings. The summed E-state index contributed by atoms with van der Waals surface area (Å²) in [6.07, 6.45) is 1.50. The summed E-state index contributed by atoms with van der Waals surface area (Å²) >= 11 is 0. The molecule has 4 nitrogen and oxygen atoms in total. The lowest BCUT2D eigenvalue weighted by molar-refractivity contribution is 0.0692. The smallest absolute Gasteiger partial charge is 0.341 e. The van der Waals surface area contributed by atoms with Crippen molar-refractivity contribution in [2.75, 3.05) is 7.11 Å². The quantitative estimate of drug-likeness (QED) is 0.795. The highest BCUT2D eigenvalue weighted by molar-refractivity contribution is 5.95. The van der Waals surface area contributed by atoms with Crippen LogP contribution in [0.5, 0.6) is 5.88 Å². The van der Waals surface area contributed by atoms with E-state index in [9.17, 15) is 4.79 Å². The Labute approximate surface area is 81.9 Å². The standard InChI is InChI=1S/C10H11NO3/c1-6(2)7-4-5-11-9(14-3)8(7)10(12)13/h4-5H,1H2,2-3H3,(H,12,13). The fourth-order valence-corrected chi connectivity index (χ4v) is 1.16. The third-order valence-corrected chi connectivity index (χ3v) is 1.78. The first kappa shape index (κ1) is 10.2. The zero-order valence-electron chi connectivity index (χ0n) is 8.07. The lowest BCUT2D eigenvalue weighted by Crippen LogP contribution is -2.05. The maximum absolute atomic E-state index is 10.9. The first-order chi connectivity index (χ1) is 6.57. The van der Waals surface area contributed by atoms with E-state index in [0.29, 0.717) is 11.1 Å². The average molecular weight is 193 g/mol. The minimum atomic E-state index is -1.06. The number of methoxy groups -OCH3 is 1. The Bertz CT molecular complexity index is 385. The Morgan fingerprint density at radius 3 is 2.71 bits per heavy atom. The minimum Gasteiger partial charge on any atom is -0.480 e. The van der Waals surface area contributed by atoms with Gasteiger partial charge in [0.15, 0.2) is 0 Å². The summed E-state index contributed by atoms with van der Waals surface area (Å²) < 4.78 is 4.86. The number of nitrogens with zero attached hydrogens (tertiary/aromatic N) is 1. The van der Waals surface area contributed by atoms with Gasteiger partial charge < -0.3 is 9.84 Å². The predicted molar refractivity (Wildman–Crippen MR) is 52.5 cm³/mol. The minimum absolute atomic E-state index is 0.0579. The first-order valence-electron chi connectivity index (χ1n) is 4.00. The molecule has 0 aromatic carbocycles. The summed E-state index contributed by atoms with van der Waals surface area (Å²) in [5, 5.41) is 8.97. The number of carboxylic acids is 1. The molecule has 0 aliphatic rings. The van der Waals surface area contributed by atoms with Crippen molar-refractivity contribution >= 4 is 11.5 Å². The molecule has 0 radical (unpaired) electrons. The molecule has 14 heavy (non-hydrogen) atoms. The molecule has 0 fully saturated rings. The Morgan fingerprint density at radius 2 is 2.29 bits per heavy atom. The number of pyridine rings is 1. The largest absolute Gasteiger partial charge is 0.480 e. The number of hydrogen-bond donors (Lipinski definition) is 1. The summed E-state index contributed by atoms with van der Waals surface area (Å²) in [6, 6.07) is 1.61. The van der Waals surface area contributed by atoms with Crippen LogP contribution < -0.4 is 4.74 Å². The number of rotatable bonds is 3. The van der Waals surface area contributed by atoms with Crippen molar-refractivity contribution < 1.29 is 14.6 Å². The van der Waals surface area contributed by atoms with E-state index in [1.54, 1.807) is 13.0 Å². The maximum Gasteiger partial charge on any atom is 0.341 e. The predicted octanol–water partition coefficient (Wildman–Crippen LogP) is 1.82. The molecule has 0 atom stereocenters. The third kappa shape index (κ3) is 1.74. The summed E-state index contributed by atoms with van der Waals surface area (Å²) in [4.78, 5) is 14.8. The van der Waals surface area contributed by atoms with Crippen molar-refractivity contribution in [3.63, 3.8) is 0 Å². The lowest BCUT2D eigenvalue weighted by Gasteiger charge is -2.08. The van der Waals surface area contributed by atoms with E-state index in [0.717, 1.165) is 0 Å². The molecule has 74 valence electrons. The van der Waals surface area contributed by atoms with Crippen molar-refractivity contribution in [2.45, 2.75) is 6.92 Å². The van der Waals surface area contributed by atoms with Crippen LogP contribution in [0.3, 0.4) is 0 Å². The van der Waals surface area contributed by atoms with Crippen LogP contribution in [0.2, 0.25) is 0 Å². The highest BCUT2D eigenvalue weighted by Gasteiger charge is 2.17. The zero-order chi connectivity index (χ0) is 10.7. The van der Waals surface area contributed by atoms with Gasteiger partial charge in [0.05, 0.1) is 7.11 Å². The van der Waals surface area contributed by atoms with Crippen LogP contribution in [0.4, 0.5) is 0 Å². The van der Waals surface area contributed by atoms with E-state index in [4.69, 9.17) is 9.84 Å². The van der Waals surface area contributed by atoms with Gasteiger partial charge >= 0.3 is 5.97 Å². The molecule has 1 rings (SSSR count). The molecular formula is C10H11NO3. The van der Waals surface area contributed by atoms with E-state index in [1.807, 2.05) is 0 Å². The number of ether oxygens (including phenoxy) is 1. The highest BCUT2D eigenvalue weighted by atomic mass is 16.5. The molecule has 0 amide bonds. The number of hydrogen-bond acceptors (Lipinski definition) is 3. The number of carboxylic acid groups (broad SMARTS) is 1. The number of aromatic nitrogens is 1. The van der Waals surface area contributed by atoms with Gasteiger partial charge in [0.25, 0.3) is 0 Å². The van der Waals surface area contributed by atoms with Gasteiger partial charge in [0.2, 0.25) is 5.88 Å². The number of aromatic carboxylic acids is 1. The van der Waals surface area contributed by atoms with Gasteiger partial charge in [0, 0.05) is 6.20 Å². The van der Waals surface area contributed by atoms with Crippen LogP contribution in [0.25, 0.3) is 5.57 Å². The van der Waals surface area contributed by atoms with Gasteiger partial charge in [-0.3, -0.25) is 0 Å². The summed E-state index contributed by atoms with van der Waals surface area (Å²) in [6.45, 7) is 5.43. The van der Waals surface area contributed by atoms with Crippen LogP contribution in [0.1, 0.15) is 22.8 Å². The van der Waals surface area contributed by atoms with Gasteiger partial charge in [-0.15, -0.1) is 0 Å². The number of allylic oxidation sites excluding steroid dienone is 1. The Balaban J connectivity index is 3.43. The van der Waals surface area contributed by atoms with E-state index in [2.05, 4.69) is 11.6 Å². The van der Waals surface area contributed by atoms with Crippen molar-refractivity contribution in [3.05, 3.63) is 30.0 Å². The van der Waals surface area contributed by atoms with Crippen molar-refractivity contribution in [2.24, 2.45) is 0 Å². The molecule has 0 saturated carbocycles. The third-order valence-electron chi connectivity index (χ3n) is 1.78. The van der Waals surface area contributed by atoms with Crippen LogP contribution in [0.15, 0.2) is 18.8 Å². The fraction of sp³-hybridized carbons (Fsp3) is 0.200. The van der Waals surface area contributed by atoms with Crippen LogP contribution in [-0.4, -0.2) is 23.2 Å². The normalized spacial score (nSPS) is 9.57. The van der Waals surface area contributed by atoms with Crippen LogP contribution in [0, 0.1) is 0 Å². The second-order valence-corrected chi connectivity index (χ2v) is 2.83. The molecule has 1 N–H and O–H groups in total. The fourth-order valence-electron chi connectivity index (χ4n) is 1.16. The average Bonchev–Trinajstić information content (AvgIpc) is 2.16. The van der Waals surface area contributed by atoms with Gasteiger partial charge in [-0.2, -0.15) is 0 Å². The van der Waals surface area contributed by atoms with Gasteiger partial charge in [-0.25, -0.2) is 9.78 Å². The van der Waals surface area contributed by atoms with E-state index >= 15 is 0 Å². The van der Waals surface area contributed by atoms with Crippen molar-refractivity contribution in [1.82, 2.24) is 4.98 Å². The van der Waals surface area contributed by atoms with Crippen molar-refractivity contribution in [3.8, 4) is 5.88 Å². The van der Waals surface area contributed by atoms with E-state index < -0.39 is 5.97 Å². The van der Waals surface area contributed by atoms with Gasteiger partial charge in [0.1, 0.15) is 5.56 Å². The topological polar surface area (TPSA) is 59.4 Å². The summed E-state index contributed by atoms with van der Waals surface area (Å²) in [5.41, 5.74) is 1.27. The molecule has 0 aliphatic carbocycles. The molecule has 0 unspecified atom stereocenters. The molecule has 0 aliphatic heterocycles. The molecule has 1 heterocycles. The summed E-state index contributed by atoms with van der Waals surface area (Å²) in [5.74, 6) is -0.953. The molecule has 0 spiro atoms. The molecule has 4 heteroatoms. The van der Waals surface area contributed by atoms with E-state index in [-0.39, 0.29) is 11.4 Å². The Kier molecular flexibility index (Phi) is 2.86. The van der Waals surface area contributed by atoms with Crippen molar-refractivity contribution in [1.29, 1.82) is 0 Å². The number of carbonyl (C=O) groups is 1. The maximum atomic E-state index is 10.9. The first-order valence-corrected chi connectivity index (χ1v) is 4.00. The Hall–Kier alpha value is -1.84. The molecule has 1 aromatic heterocycles. The lowest BCUT2D eigenvalue weighted by atomic mass is 10.0. The monoisotopic (exact) mass is 193 g/mol. The SMILES string of the molecule is C=C(C)c1ccnc(OC)c1C(=O)O. The second kappa shape index (κ2) is 3.91. The molecule has 0 bridgehead atoms. The Morgan fingerprint density at radius 1 is 1.64 bits per heavy atom. The van der Waals surface area contributed by atoms with Crippen LogP contribution >= 0.6 is 0 Å². The molecular weight excluding hydrogens is 182 g/mol. The zero-order valence-corrected chi connectivity index (χ0v) is 8.07. The highest BCUT2D eigenvalue weighted by Crippen LogP contribution is 2.24. The van der Waals surface area contributed by atoms with Crippen LogP contribution in [-0.2, 0) is 0 Å². The van der Waals surface area contributed by atoms with E-state index in [1.165, 1.54) is 13.3 Å². The molecule has 0 saturated heterocycles.